The molecule has 5 atom stereocenters. The third-order valence-corrected chi connectivity index (χ3v) is 11.1. The van der Waals surface area contributed by atoms with Gasteiger partial charge in [-0.25, -0.2) is 8.78 Å². The van der Waals surface area contributed by atoms with Crippen LogP contribution in [0.5, 0.6) is 6.01 Å². The van der Waals surface area contributed by atoms with E-state index < -0.39 is 17.5 Å². The number of esters is 1. The molecular formula is C33H34ClF2N7O3. The van der Waals surface area contributed by atoms with E-state index in [0.717, 1.165) is 44.2 Å². The number of fused-ring (bicyclic) bond motifs is 6. The molecule has 6 aliphatic rings. The molecule has 0 radical (unpaired) electrons. The van der Waals surface area contributed by atoms with Crippen LogP contribution in [0.25, 0.3) is 33.1 Å². The van der Waals surface area contributed by atoms with E-state index in [1.165, 1.54) is 0 Å². The number of H-pyrrole nitrogens is 1. The number of anilines is 1. The minimum absolute atomic E-state index is 0.0318. The highest BCUT2D eigenvalue weighted by Gasteiger charge is 2.49. The van der Waals surface area contributed by atoms with E-state index in [9.17, 15) is 9.18 Å². The molecule has 13 heteroatoms. The molecule has 8 heterocycles. The Morgan fingerprint density at radius 1 is 1.15 bits per heavy atom. The molecule has 1 saturated carbocycles. The Morgan fingerprint density at radius 3 is 2.98 bits per heavy atom. The number of rotatable bonds is 3. The van der Waals surface area contributed by atoms with Crippen molar-refractivity contribution in [3.8, 4) is 17.3 Å². The summed E-state index contributed by atoms with van der Waals surface area (Å²) < 4.78 is 43.8. The second kappa shape index (κ2) is 10.7. The van der Waals surface area contributed by atoms with Crippen LogP contribution in [-0.4, -0.2) is 86.6 Å². The van der Waals surface area contributed by atoms with Gasteiger partial charge in [-0.05, 0) is 68.5 Å². The Balaban J connectivity index is 1.22. The van der Waals surface area contributed by atoms with E-state index in [0.29, 0.717) is 71.6 Å². The molecule has 3 saturated heterocycles. The minimum atomic E-state index is -0.902. The van der Waals surface area contributed by atoms with Gasteiger partial charge in [0.05, 0.1) is 29.2 Å². The van der Waals surface area contributed by atoms with Crippen molar-refractivity contribution in [1.29, 1.82) is 0 Å². The molecule has 1 N–H and O–H groups in total. The molecule has 10 nitrogen and oxygen atoms in total. The van der Waals surface area contributed by atoms with Gasteiger partial charge in [0.1, 0.15) is 35.9 Å². The summed E-state index contributed by atoms with van der Waals surface area (Å²) in [4.78, 5) is 31.3. The first kappa shape index (κ1) is 28.6. The molecule has 46 heavy (non-hydrogen) atoms. The fourth-order valence-corrected chi connectivity index (χ4v) is 8.88. The maximum Gasteiger partial charge on any atom is 0.319 e. The molecule has 0 spiro atoms. The number of piperidine rings is 1. The average molecular weight is 650 g/mol. The first-order valence-corrected chi connectivity index (χ1v) is 16.7. The zero-order valence-electron chi connectivity index (χ0n) is 25.3. The number of nitrogens with zero attached hydrogens (tertiary/aromatic N) is 6. The molecule has 6 bridgehead atoms. The van der Waals surface area contributed by atoms with E-state index >= 15 is 4.39 Å². The lowest BCUT2D eigenvalue weighted by Gasteiger charge is -2.34. The predicted octanol–water partition coefficient (Wildman–Crippen LogP) is 5.73. The van der Waals surface area contributed by atoms with E-state index in [4.69, 9.17) is 31.0 Å². The number of alkyl halides is 1. The van der Waals surface area contributed by atoms with Crippen LogP contribution in [-0.2, 0) is 9.53 Å². The molecule has 4 fully saturated rings. The van der Waals surface area contributed by atoms with Gasteiger partial charge in [0.15, 0.2) is 5.82 Å². The number of carbonyl (C=O) groups excluding carboxylic acids is 1. The van der Waals surface area contributed by atoms with Crippen molar-refractivity contribution in [2.75, 3.05) is 37.7 Å². The summed E-state index contributed by atoms with van der Waals surface area (Å²) >= 11 is 6.91. The van der Waals surface area contributed by atoms with Crippen molar-refractivity contribution in [2.24, 2.45) is 5.92 Å². The van der Waals surface area contributed by atoms with Crippen LogP contribution < -0.4 is 9.64 Å². The Morgan fingerprint density at radius 2 is 2.07 bits per heavy atom. The highest BCUT2D eigenvalue weighted by molar-refractivity contribution is 6.33. The summed E-state index contributed by atoms with van der Waals surface area (Å²) in [5, 5.41) is 8.85. The van der Waals surface area contributed by atoms with Crippen molar-refractivity contribution >= 4 is 45.2 Å². The maximum absolute atomic E-state index is 17.1. The van der Waals surface area contributed by atoms with Crippen LogP contribution in [0.1, 0.15) is 62.8 Å². The zero-order chi connectivity index (χ0) is 31.2. The molecule has 1 aliphatic carbocycles. The maximum atomic E-state index is 17.1. The fraction of sp³-hybridized carbons (Fsp3) is 0.545. The van der Waals surface area contributed by atoms with Crippen molar-refractivity contribution in [3.05, 3.63) is 34.9 Å². The van der Waals surface area contributed by atoms with Gasteiger partial charge in [-0.3, -0.25) is 19.8 Å². The molecular weight excluding hydrogens is 616 g/mol. The first-order valence-electron chi connectivity index (χ1n) is 16.4. The number of hydrogen-bond acceptors (Lipinski definition) is 9. The van der Waals surface area contributed by atoms with Gasteiger partial charge >= 0.3 is 12.0 Å². The van der Waals surface area contributed by atoms with Crippen LogP contribution in [0.15, 0.2) is 18.5 Å². The van der Waals surface area contributed by atoms with Gasteiger partial charge in [0.25, 0.3) is 0 Å². The van der Waals surface area contributed by atoms with Crippen molar-refractivity contribution in [2.45, 2.75) is 75.1 Å². The Kier molecular flexibility index (Phi) is 6.64. The topological polar surface area (TPSA) is 109 Å². The molecule has 0 amide bonds. The minimum Gasteiger partial charge on any atom is -0.461 e. The standard InChI is InChI=1S/C33H34ClF2N7O3/c34-23-10-24-21(13-38-41-24)27-26(23)20-9-17(20)4-5-25(44)46-19-3-1-7-42(15-19)31-22-12-37-30(27)28(36)29(22)39-32(40-31)45-16-33-6-2-8-43(33)14-18(35)11-33/h10,12-13,17-20H,1-9,11,14-16H2,(H,38,41)/t17-,18-,19-,20+,33+/m1/s1. The number of pyridine rings is 1. The van der Waals surface area contributed by atoms with Gasteiger partial charge in [0.2, 0.25) is 0 Å². The zero-order valence-corrected chi connectivity index (χ0v) is 26.0. The number of hydrogen-bond donors (Lipinski definition) is 1. The van der Waals surface area contributed by atoms with Crippen LogP contribution in [0.3, 0.4) is 0 Å². The highest BCUT2D eigenvalue weighted by Crippen LogP contribution is 2.56. The highest BCUT2D eigenvalue weighted by atomic mass is 35.5. The van der Waals surface area contributed by atoms with E-state index in [1.54, 1.807) is 12.4 Å². The van der Waals surface area contributed by atoms with Crippen molar-refractivity contribution in [1.82, 2.24) is 30.0 Å². The third-order valence-electron chi connectivity index (χ3n) is 10.8. The Bertz CT molecular complexity index is 1890. The normalized spacial score (nSPS) is 29.3. The van der Waals surface area contributed by atoms with Gasteiger partial charge in [0, 0.05) is 48.1 Å². The number of carbonyl (C=O) groups is 1. The number of aromatic amines is 1. The number of aromatic nitrogens is 5. The predicted molar refractivity (Wildman–Crippen MR) is 167 cm³/mol. The molecule has 240 valence electrons. The summed E-state index contributed by atoms with van der Waals surface area (Å²) in [6.07, 6.45) is 7.61. The van der Waals surface area contributed by atoms with E-state index in [2.05, 4.69) is 20.1 Å². The summed E-state index contributed by atoms with van der Waals surface area (Å²) in [6.45, 7) is 2.51. The van der Waals surface area contributed by atoms with Gasteiger partial charge in [-0.15, -0.1) is 0 Å². The van der Waals surface area contributed by atoms with Gasteiger partial charge < -0.3 is 14.4 Å². The van der Waals surface area contributed by atoms with Crippen LogP contribution in [0.2, 0.25) is 5.02 Å². The van der Waals surface area contributed by atoms with Crippen LogP contribution in [0, 0.1) is 11.7 Å². The largest absolute Gasteiger partial charge is 0.461 e. The fourth-order valence-electron chi connectivity index (χ4n) is 8.54. The third kappa shape index (κ3) is 4.62. The lowest BCUT2D eigenvalue weighted by molar-refractivity contribution is -0.149. The van der Waals surface area contributed by atoms with Crippen molar-refractivity contribution < 1.29 is 23.0 Å². The number of ether oxygens (including phenoxy) is 2. The number of benzene rings is 1. The molecule has 0 unspecified atom stereocenters. The second-order valence-corrected chi connectivity index (χ2v) is 14.1. The van der Waals surface area contributed by atoms with E-state index in [-0.39, 0.29) is 47.7 Å². The van der Waals surface area contributed by atoms with E-state index in [1.807, 2.05) is 11.0 Å². The Hall–Kier alpha value is -3.64. The lowest BCUT2D eigenvalue weighted by atomic mass is 9.94. The average Bonchev–Trinajstić information content (AvgIpc) is 3.29. The molecule has 5 aliphatic heterocycles. The summed E-state index contributed by atoms with van der Waals surface area (Å²) in [5.74, 6) is -0.0635. The SMILES string of the molecule is O=C1CC[C@@H]2C[C@@H]2c2c(Cl)cc3[nH]ncc3c2-c2ncc3c(nc(OC[C@@]45CCCN4C[C@H](F)C5)nc3c2F)N2CCC[C@H](C2)O1. The van der Waals surface area contributed by atoms with Gasteiger partial charge in [-0.1, -0.05) is 11.6 Å². The molecule has 3 aromatic heterocycles. The molecule has 10 rings (SSSR count). The summed E-state index contributed by atoms with van der Waals surface area (Å²) in [6, 6.07) is 1.85. The first-order chi connectivity index (χ1) is 22.4. The second-order valence-electron chi connectivity index (χ2n) is 13.7. The number of nitrogens with one attached hydrogen (secondary N) is 1. The molecule has 1 aromatic carbocycles. The lowest BCUT2D eigenvalue weighted by Crippen LogP contribution is -2.43. The summed E-state index contributed by atoms with van der Waals surface area (Å²) in [5.41, 5.74) is 1.87. The van der Waals surface area contributed by atoms with Crippen LogP contribution in [0.4, 0.5) is 14.6 Å². The van der Waals surface area contributed by atoms with Crippen molar-refractivity contribution in [3.63, 3.8) is 0 Å². The monoisotopic (exact) mass is 649 g/mol. The smallest absolute Gasteiger partial charge is 0.319 e. The molecule has 4 aromatic rings. The van der Waals surface area contributed by atoms with Crippen LogP contribution >= 0.6 is 11.6 Å². The quantitative estimate of drug-likeness (QED) is 0.279. The van der Waals surface area contributed by atoms with Gasteiger partial charge in [-0.2, -0.15) is 15.1 Å². The number of halogens is 3. The summed E-state index contributed by atoms with van der Waals surface area (Å²) in [7, 11) is 0. The Labute approximate surface area is 268 Å².